The fourth-order valence-electron chi connectivity index (χ4n) is 1.55. The van der Waals surface area contributed by atoms with Crippen molar-refractivity contribution in [3.8, 4) is 5.75 Å². The lowest BCUT2D eigenvalue weighted by molar-refractivity contribution is 0.279. The second-order valence-electron chi connectivity index (χ2n) is 3.83. The summed E-state index contributed by atoms with van der Waals surface area (Å²) in [5, 5.41) is 31.6. The van der Waals surface area contributed by atoms with Crippen molar-refractivity contribution in [1.82, 2.24) is 15.2 Å². The lowest BCUT2D eigenvalue weighted by Crippen LogP contribution is -2.05. The molecule has 0 saturated carbocycles. The van der Waals surface area contributed by atoms with Crippen LogP contribution in [0.2, 0.25) is 0 Å². The first-order valence-electron chi connectivity index (χ1n) is 5.43. The molecule has 0 bridgehead atoms. The molecule has 18 heavy (non-hydrogen) atoms. The lowest BCUT2D eigenvalue weighted by Gasteiger charge is -2.11. The Hall–Kier alpha value is -1.73. The van der Waals surface area contributed by atoms with Crippen LogP contribution in [0.15, 0.2) is 6.20 Å². The molecule has 0 unspecified atom stereocenters. The largest absolute Gasteiger partial charge is 0.506 e. The molecule has 0 aliphatic carbocycles. The summed E-state index contributed by atoms with van der Waals surface area (Å²) in [5.74, 6) is 0.107. The Balaban J connectivity index is 2.20. The zero-order valence-corrected chi connectivity index (χ0v) is 11.0. The van der Waals surface area contributed by atoms with Crippen LogP contribution >= 0.6 is 11.3 Å². The average molecular weight is 266 g/mol. The maximum Gasteiger partial charge on any atom is 0.205 e. The molecule has 6 nitrogen and oxygen atoms in total. The molecule has 0 fully saturated rings. The standard InChI is InChI=1S/C11H14N4O2S/c1-6-10(17)9(8(5-16)3-12-6)4-13-11-15-14-7(2)18-11/h3,16-17H,4-5H2,1-2H3,(H,13,15). The number of aromatic hydroxyl groups is 1. The van der Waals surface area contributed by atoms with E-state index in [1.54, 1.807) is 13.1 Å². The van der Waals surface area contributed by atoms with Gasteiger partial charge in [-0.05, 0) is 13.8 Å². The molecule has 0 spiro atoms. The SMILES string of the molecule is Cc1nnc(NCc2c(CO)cnc(C)c2O)s1. The van der Waals surface area contributed by atoms with E-state index in [1.165, 1.54) is 11.3 Å². The molecule has 3 N–H and O–H groups in total. The fourth-order valence-corrected chi connectivity index (χ4v) is 2.14. The van der Waals surface area contributed by atoms with E-state index in [-0.39, 0.29) is 12.4 Å². The van der Waals surface area contributed by atoms with Gasteiger partial charge in [0.2, 0.25) is 5.13 Å². The molecule has 2 heterocycles. The zero-order valence-electron chi connectivity index (χ0n) is 10.1. The van der Waals surface area contributed by atoms with Crippen molar-refractivity contribution in [2.24, 2.45) is 0 Å². The van der Waals surface area contributed by atoms with Gasteiger partial charge in [-0.25, -0.2) is 0 Å². The van der Waals surface area contributed by atoms with E-state index in [0.717, 1.165) is 5.01 Å². The first-order valence-corrected chi connectivity index (χ1v) is 6.24. The van der Waals surface area contributed by atoms with Gasteiger partial charge in [-0.3, -0.25) is 4.98 Å². The Morgan fingerprint density at radius 1 is 1.33 bits per heavy atom. The fraction of sp³-hybridized carbons (Fsp3) is 0.364. The molecule has 0 aromatic carbocycles. The second kappa shape index (κ2) is 5.28. The summed E-state index contributed by atoms with van der Waals surface area (Å²) in [6.07, 6.45) is 1.57. The lowest BCUT2D eigenvalue weighted by atomic mass is 10.1. The minimum Gasteiger partial charge on any atom is -0.506 e. The Kier molecular flexibility index (Phi) is 3.73. The van der Waals surface area contributed by atoms with Gasteiger partial charge in [0.1, 0.15) is 10.8 Å². The number of rotatable bonds is 4. The van der Waals surface area contributed by atoms with Crippen LogP contribution in [0.1, 0.15) is 21.8 Å². The number of anilines is 1. The average Bonchev–Trinajstić information content (AvgIpc) is 2.77. The van der Waals surface area contributed by atoms with Crippen LogP contribution in [-0.4, -0.2) is 25.4 Å². The number of nitrogens with zero attached hydrogens (tertiary/aromatic N) is 3. The number of aryl methyl sites for hydroxylation is 2. The molecule has 0 aliphatic rings. The summed E-state index contributed by atoms with van der Waals surface area (Å²) in [4.78, 5) is 4.01. The molecular formula is C11H14N4O2S. The summed E-state index contributed by atoms with van der Waals surface area (Å²) in [7, 11) is 0. The highest BCUT2D eigenvalue weighted by Crippen LogP contribution is 2.25. The van der Waals surface area contributed by atoms with Crippen molar-refractivity contribution < 1.29 is 10.2 Å². The van der Waals surface area contributed by atoms with Crippen molar-refractivity contribution >= 4 is 16.5 Å². The molecule has 2 rings (SSSR count). The minimum atomic E-state index is -0.160. The van der Waals surface area contributed by atoms with E-state index in [0.29, 0.717) is 28.5 Å². The van der Waals surface area contributed by atoms with Gasteiger partial charge in [-0.2, -0.15) is 0 Å². The second-order valence-corrected chi connectivity index (χ2v) is 5.02. The van der Waals surface area contributed by atoms with Crippen LogP contribution in [0, 0.1) is 13.8 Å². The first-order chi connectivity index (χ1) is 8.61. The third-order valence-corrected chi connectivity index (χ3v) is 3.34. The van der Waals surface area contributed by atoms with Gasteiger partial charge in [0.15, 0.2) is 0 Å². The number of nitrogens with one attached hydrogen (secondary N) is 1. The van der Waals surface area contributed by atoms with Gasteiger partial charge in [-0.15, -0.1) is 10.2 Å². The summed E-state index contributed by atoms with van der Waals surface area (Å²) in [6.45, 7) is 3.80. The van der Waals surface area contributed by atoms with Gasteiger partial charge in [-0.1, -0.05) is 11.3 Å². The maximum atomic E-state index is 9.95. The summed E-state index contributed by atoms with van der Waals surface area (Å²) >= 11 is 1.44. The summed E-state index contributed by atoms with van der Waals surface area (Å²) in [5.41, 5.74) is 1.78. The molecule has 96 valence electrons. The Bertz CT molecular complexity index is 556. The predicted molar refractivity (Wildman–Crippen MR) is 68.5 cm³/mol. The molecule has 0 amide bonds. The van der Waals surface area contributed by atoms with Crippen molar-refractivity contribution in [1.29, 1.82) is 0 Å². The van der Waals surface area contributed by atoms with Crippen LogP contribution in [0.25, 0.3) is 0 Å². The maximum absolute atomic E-state index is 9.95. The van der Waals surface area contributed by atoms with Crippen LogP contribution in [-0.2, 0) is 13.2 Å². The van der Waals surface area contributed by atoms with Gasteiger partial charge in [0, 0.05) is 23.9 Å². The summed E-state index contributed by atoms with van der Waals surface area (Å²) < 4.78 is 0. The van der Waals surface area contributed by atoms with E-state index in [2.05, 4.69) is 20.5 Å². The van der Waals surface area contributed by atoms with Gasteiger partial charge in [0.05, 0.1) is 12.3 Å². The van der Waals surface area contributed by atoms with Crippen LogP contribution < -0.4 is 5.32 Å². The summed E-state index contributed by atoms with van der Waals surface area (Å²) in [6, 6.07) is 0. The molecule has 0 saturated heterocycles. The Morgan fingerprint density at radius 3 is 2.72 bits per heavy atom. The highest BCUT2D eigenvalue weighted by atomic mass is 32.1. The van der Waals surface area contributed by atoms with E-state index in [4.69, 9.17) is 0 Å². The Morgan fingerprint density at radius 2 is 2.11 bits per heavy atom. The van der Waals surface area contributed by atoms with Crippen molar-refractivity contribution in [3.05, 3.63) is 28.0 Å². The van der Waals surface area contributed by atoms with Crippen molar-refractivity contribution in [2.45, 2.75) is 27.0 Å². The normalized spacial score (nSPS) is 10.6. The number of aliphatic hydroxyl groups is 1. The predicted octanol–water partition coefficient (Wildman–Crippen LogP) is 1.36. The minimum absolute atomic E-state index is 0.107. The monoisotopic (exact) mass is 266 g/mol. The van der Waals surface area contributed by atoms with Crippen LogP contribution in [0.5, 0.6) is 5.75 Å². The zero-order chi connectivity index (χ0) is 13.1. The Labute approximate surface area is 108 Å². The highest BCUT2D eigenvalue weighted by Gasteiger charge is 2.11. The third kappa shape index (κ3) is 2.57. The van der Waals surface area contributed by atoms with Gasteiger partial charge < -0.3 is 15.5 Å². The van der Waals surface area contributed by atoms with E-state index in [1.807, 2.05) is 6.92 Å². The van der Waals surface area contributed by atoms with Crippen molar-refractivity contribution in [3.63, 3.8) is 0 Å². The number of pyridine rings is 1. The molecular weight excluding hydrogens is 252 g/mol. The molecule has 0 aliphatic heterocycles. The first kappa shape index (κ1) is 12.7. The topological polar surface area (TPSA) is 91.2 Å². The van der Waals surface area contributed by atoms with E-state index in [9.17, 15) is 10.2 Å². The van der Waals surface area contributed by atoms with E-state index < -0.39 is 0 Å². The van der Waals surface area contributed by atoms with Crippen LogP contribution in [0.3, 0.4) is 0 Å². The molecule has 2 aromatic rings. The number of hydrogen-bond acceptors (Lipinski definition) is 7. The third-order valence-electron chi connectivity index (χ3n) is 2.54. The number of hydrogen-bond donors (Lipinski definition) is 3. The van der Waals surface area contributed by atoms with Crippen LogP contribution in [0.4, 0.5) is 5.13 Å². The van der Waals surface area contributed by atoms with Gasteiger partial charge in [0.25, 0.3) is 0 Å². The molecule has 7 heteroatoms. The molecule has 2 aromatic heterocycles. The van der Waals surface area contributed by atoms with E-state index >= 15 is 0 Å². The highest BCUT2D eigenvalue weighted by molar-refractivity contribution is 7.15. The number of aromatic nitrogens is 3. The smallest absolute Gasteiger partial charge is 0.205 e. The number of aliphatic hydroxyl groups excluding tert-OH is 1. The van der Waals surface area contributed by atoms with Gasteiger partial charge >= 0.3 is 0 Å². The molecule has 0 radical (unpaired) electrons. The molecule has 0 atom stereocenters. The quantitative estimate of drug-likeness (QED) is 0.774. The van der Waals surface area contributed by atoms with Crippen molar-refractivity contribution in [2.75, 3.05) is 5.32 Å².